The lowest BCUT2D eigenvalue weighted by Gasteiger charge is -2.17. The van der Waals surface area contributed by atoms with Crippen LogP contribution in [-0.4, -0.2) is 42.3 Å². The molecule has 1 aromatic carbocycles. The fraction of sp³-hybridized carbons (Fsp3) is 0.316. The minimum Gasteiger partial charge on any atom is -0.391 e. The lowest BCUT2D eigenvalue weighted by molar-refractivity contribution is 0.0866. The summed E-state index contributed by atoms with van der Waals surface area (Å²) in [5.41, 5.74) is 1.07. The molecule has 1 aliphatic rings. The Bertz CT molecular complexity index is 924. The molecule has 1 fully saturated rings. The van der Waals surface area contributed by atoms with Crippen molar-refractivity contribution >= 4 is 17.5 Å². The van der Waals surface area contributed by atoms with E-state index in [4.69, 9.17) is 11.6 Å². The molecular formula is C19H20ClN5O2. The van der Waals surface area contributed by atoms with Gasteiger partial charge in [-0.1, -0.05) is 23.7 Å². The summed E-state index contributed by atoms with van der Waals surface area (Å²) in [4.78, 5) is 20.9. The van der Waals surface area contributed by atoms with Crippen molar-refractivity contribution in [2.24, 2.45) is 5.92 Å². The standard InChI is InChI=1S/C19H20ClN5O2/c20-14-3-1-2-4-16(14)25-12-22-9-17(25)19(27)23-15-7-13(8-18(15)26)10-24-6-5-21-11-24/h1-6,9,11-13,15,18,26H,7-8,10H2,(H,23,27)/t13?,15-,18-/m1/s1. The van der Waals surface area contributed by atoms with Gasteiger partial charge >= 0.3 is 0 Å². The van der Waals surface area contributed by atoms with E-state index in [0.717, 1.165) is 6.54 Å². The highest BCUT2D eigenvalue weighted by atomic mass is 35.5. The Kier molecular flexibility index (Phi) is 4.96. The summed E-state index contributed by atoms with van der Waals surface area (Å²) in [7, 11) is 0. The van der Waals surface area contributed by atoms with E-state index in [1.165, 1.54) is 6.20 Å². The number of nitrogens with one attached hydrogen (secondary N) is 1. The first-order valence-electron chi connectivity index (χ1n) is 8.83. The number of carbonyl (C=O) groups is 1. The Morgan fingerprint density at radius 2 is 2.11 bits per heavy atom. The molecule has 0 bridgehead atoms. The van der Waals surface area contributed by atoms with Crippen molar-refractivity contribution in [1.82, 2.24) is 24.4 Å². The first-order chi connectivity index (χ1) is 13.1. The Hall–Kier alpha value is -2.64. The van der Waals surface area contributed by atoms with Gasteiger partial charge in [-0.25, -0.2) is 9.97 Å². The summed E-state index contributed by atoms with van der Waals surface area (Å²) < 4.78 is 3.65. The number of aliphatic hydroxyl groups excluding tert-OH is 1. The molecule has 2 heterocycles. The van der Waals surface area contributed by atoms with Gasteiger partial charge in [-0.05, 0) is 30.9 Å². The average molecular weight is 386 g/mol. The van der Waals surface area contributed by atoms with E-state index < -0.39 is 6.10 Å². The summed E-state index contributed by atoms with van der Waals surface area (Å²) in [6.45, 7) is 0.779. The van der Waals surface area contributed by atoms with E-state index in [1.807, 2.05) is 29.0 Å². The van der Waals surface area contributed by atoms with Crippen LogP contribution in [0.1, 0.15) is 23.3 Å². The predicted octanol–water partition coefficient (Wildman–Crippen LogP) is 2.29. The van der Waals surface area contributed by atoms with Gasteiger partial charge in [0, 0.05) is 18.9 Å². The summed E-state index contributed by atoms with van der Waals surface area (Å²) in [5, 5.41) is 13.9. The molecule has 1 saturated carbocycles. The van der Waals surface area contributed by atoms with Crippen molar-refractivity contribution in [2.75, 3.05) is 0 Å². The largest absolute Gasteiger partial charge is 0.391 e. The highest BCUT2D eigenvalue weighted by Gasteiger charge is 2.34. The van der Waals surface area contributed by atoms with Crippen molar-refractivity contribution in [3.8, 4) is 5.69 Å². The molecule has 2 aromatic heterocycles. The molecule has 0 spiro atoms. The number of aliphatic hydroxyl groups is 1. The van der Waals surface area contributed by atoms with E-state index in [0.29, 0.717) is 29.2 Å². The highest BCUT2D eigenvalue weighted by molar-refractivity contribution is 6.32. The quantitative estimate of drug-likeness (QED) is 0.705. The van der Waals surface area contributed by atoms with Crippen molar-refractivity contribution in [2.45, 2.75) is 31.5 Å². The second-order valence-electron chi connectivity index (χ2n) is 6.84. The molecule has 0 radical (unpaired) electrons. The third-order valence-electron chi connectivity index (χ3n) is 4.95. The third kappa shape index (κ3) is 3.74. The molecular weight excluding hydrogens is 366 g/mol. The van der Waals surface area contributed by atoms with Crippen LogP contribution in [0.5, 0.6) is 0 Å². The lowest BCUT2D eigenvalue weighted by atomic mass is 10.1. The van der Waals surface area contributed by atoms with Crippen LogP contribution in [0, 0.1) is 5.92 Å². The van der Waals surface area contributed by atoms with Crippen LogP contribution >= 0.6 is 11.6 Å². The maximum absolute atomic E-state index is 12.8. The maximum atomic E-state index is 12.8. The number of carbonyl (C=O) groups excluding carboxylic acids is 1. The van der Waals surface area contributed by atoms with Crippen LogP contribution in [0.15, 0.2) is 55.5 Å². The average Bonchev–Trinajstić information content (AvgIpc) is 3.38. The Labute approximate surface area is 161 Å². The summed E-state index contributed by atoms with van der Waals surface area (Å²) >= 11 is 6.24. The fourth-order valence-electron chi connectivity index (χ4n) is 3.66. The molecule has 0 aliphatic heterocycles. The Morgan fingerprint density at radius 3 is 2.89 bits per heavy atom. The molecule has 7 nitrogen and oxygen atoms in total. The fourth-order valence-corrected chi connectivity index (χ4v) is 3.89. The predicted molar refractivity (Wildman–Crippen MR) is 101 cm³/mol. The minimum atomic E-state index is -0.570. The molecule has 1 amide bonds. The minimum absolute atomic E-state index is 0.278. The number of halogens is 1. The van der Waals surface area contributed by atoms with Gasteiger partial charge in [-0.2, -0.15) is 0 Å². The van der Waals surface area contributed by atoms with E-state index in [9.17, 15) is 9.90 Å². The van der Waals surface area contributed by atoms with Crippen LogP contribution in [0.4, 0.5) is 0 Å². The molecule has 3 aromatic rings. The van der Waals surface area contributed by atoms with Crippen molar-refractivity contribution in [3.63, 3.8) is 0 Å². The van der Waals surface area contributed by atoms with Crippen molar-refractivity contribution in [1.29, 1.82) is 0 Å². The second-order valence-corrected chi connectivity index (χ2v) is 7.25. The zero-order chi connectivity index (χ0) is 18.8. The molecule has 140 valence electrons. The number of aromatic nitrogens is 4. The second kappa shape index (κ2) is 7.54. The maximum Gasteiger partial charge on any atom is 0.270 e. The van der Waals surface area contributed by atoms with E-state index in [2.05, 4.69) is 15.3 Å². The number of benzene rings is 1. The van der Waals surface area contributed by atoms with Gasteiger partial charge in [0.05, 0.1) is 41.7 Å². The van der Waals surface area contributed by atoms with Gasteiger partial charge in [-0.3, -0.25) is 9.36 Å². The van der Waals surface area contributed by atoms with Crippen LogP contribution < -0.4 is 5.32 Å². The number of hydrogen-bond acceptors (Lipinski definition) is 4. The van der Waals surface area contributed by atoms with Crippen molar-refractivity contribution in [3.05, 3.63) is 66.2 Å². The van der Waals surface area contributed by atoms with Gasteiger partial charge in [0.2, 0.25) is 0 Å². The lowest BCUT2D eigenvalue weighted by Crippen LogP contribution is -2.40. The summed E-state index contributed by atoms with van der Waals surface area (Å²) in [6, 6.07) is 6.98. The molecule has 1 unspecified atom stereocenters. The molecule has 1 aliphatic carbocycles. The number of imidazole rings is 2. The Morgan fingerprint density at radius 1 is 1.26 bits per heavy atom. The topological polar surface area (TPSA) is 85.0 Å². The number of para-hydroxylation sites is 1. The van der Waals surface area contributed by atoms with Gasteiger partial charge in [0.25, 0.3) is 5.91 Å². The summed E-state index contributed by atoms with van der Waals surface area (Å²) in [6.07, 6.45) is 9.25. The van der Waals surface area contributed by atoms with Crippen LogP contribution in [-0.2, 0) is 6.54 Å². The normalized spacial score (nSPS) is 22.1. The monoisotopic (exact) mass is 385 g/mol. The zero-order valence-corrected chi connectivity index (χ0v) is 15.3. The van der Waals surface area contributed by atoms with Crippen LogP contribution in [0.3, 0.4) is 0 Å². The molecule has 4 rings (SSSR count). The van der Waals surface area contributed by atoms with Crippen molar-refractivity contribution < 1.29 is 9.90 Å². The summed E-state index contributed by atoms with van der Waals surface area (Å²) in [5.74, 6) is 0.00716. The SMILES string of the molecule is O=C(N[C@@H]1CC(Cn2ccnc2)C[C@H]1O)c1cncn1-c1ccccc1Cl. The third-order valence-corrected chi connectivity index (χ3v) is 5.27. The first kappa shape index (κ1) is 17.8. The van der Waals surface area contributed by atoms with Crippen LogP contribution in [0.2, 0.25) is 5.02 Å². The number of hydrogen-bond donors (Lipinski definition) is 2. The highest BCUT2D eigenvalue weighted by Crippen LogP contribution is 2.28. The molecule has 27 heavy (non-hydrogen) atoms. The molecule has 8 heteroatoms. The van der Waals surface area contributed by atoms with Gasteiger partial charge < -0.3 is 15.0 Å². The molecule has 0 saturated heterocycles. The number of rotatable bonds is 5. The van der Waals surface area contributed by atoms with E-state index in [1.54, 1.807) is 29.5 Å². The van der Waals surface area contributed by atoms with E-state index in [-0.39, 0.29) is 17.9 Å². The Balaban J connectivity index is 1.46. The molecule has 2 N–H and O–H groups in total. The van der Waals surface area contributed by atoms with Gasteiger partial charge in [-0.15, -0.1) is 0 Å². The van der Waals surface area contributed by atoms with Crippen LogP contribution in [0.25, 0.3) is 5.69 Å². The first-order valence-corrected chi connectivity index (χ1v) is 9.21. The van der Waals surface area contributed by atoms with Gasteiger partial charge in [0.1, 0.15) is 5.69 Å². The smallest absolute Gasteiger partial charge is 0.270 e. The number of amides is 1. The van der Waals surface area contributed by atoms with Gasteiger partial charge in [0.15, 0.2) is 0 Å². The van der Waals surface area contributed by atoms with E-state index >= 15 is 0 Å². The number of nitrogens with zero attached hydrogens (tertiary/aromatic N) is 4. The molecule has 3 atom stereocenters. The zero-order valence-electron chi connectivity index (χ0n) is 14.6.